The van der Waals surface area contributed by atoms with Crippen LogP contribution in [-0.4, -0.2) is 26.8 Å². The van der Waals surface area contributed by atoms with Crippen LogP contribution in [0.4, 0.5) is 10.1 Å². The Morgan fingerprint density at radius 2 is 1.74 bits per heavy atom. The van der Waals surface area contributed by atoms with Gasteiger partial charge in [0.05, 0.1) is 23.2 Å². The molecule has 5 rings (SSSR count). The van der Waals surface area contributed by atoms with Crippen LogP contribution in [0.15, 0.2) is 72.9 Å². The summed E-state index contributed by atoms with van der Waals surface area (Å²) in [7, 11) is 1.58. The molecule has 0 unspecified atom stereocenters. The van der Waals surface area contributed by atoms with E-state index in [4.69, 9.17) is 9.84 Å². The van der Waals surface area contributed by atoms with Crippen LogP contribution in [0.3, 0.4) is 0 Å². The summed E-state index contributed by atoms with van der Waals surface area (Å²) in [5, 5.41) is 17.4. The average Bonchev–Trinajstić information content (AvgIpc) is 3.19. The first kappa shape index (κ1) is 18.7. The van der Waals surface area contributed by atoms with Crippen molar-refractivity contribution < 1.29 is 14.1 Å². The van der Waals surface area contributed by atoms with E-state index in [-0.39, 0.29) is 11.5 Å². The van der Waals surface area contributed by atoms with E-state index >= 15 is 0 Å². The summed E-state index contributed by atoms with van der Waals surface area (Å²) < 4.78 is 20.7. The maximum atomic E-state index is 13.5. The number of ether oxygens (including phenoxy) is 1. The highest BCUT2D eigenvalue weighted by atomic mass is 19.1. The number of halogens is 1. The minimum absolute atomic E-state index is 0.000617. The molecular weight excluding hydrogens is 399 g/mol. The molecule has 0 saturated carbocycles. The minimum Gasteiger partial charge on any atom is -0.494 e. The van der Waals surface area contributed by atoms with Crippen LogP contribution in [0.5, 0.6) is 5.75 Å². The second-order valence-corrected chi connectivity index (χ2v) is 6.92. The fourth-order valence-electron chi connectivity index (χ4n) is 3.68. The lowest BCUT2D eigenvalue weighted by atomic mass is 10.1. The Kier molecular flexibility index (Phi) is 4.32. The number of rotatable bonds is 4. The Bertz CT molecular complexity index is 1440. The van der Waals surface area contributed by atoms with Crippen LogP contribution in [0.1, 0.15) is 0 Å². The number of non-ortho nitro benzene ring substituents is 1. The van der Waals surface area contributed by atoms with E-state index in [2.05, 4.69) is 4.98 Å². The minimum atomic E-state index is -0.444. The number of nitro benzene ring substituents is 1. The number of para-hydroxylation sites is 1. The van der Waals surface area contributed by atoms with Crippen LogP contribution < -0.4 is 4.74 Å². The first-order valence-corrected chi connectivity index (χ1v) is 9.42. The van der Waals surface area contributed by atoms with Crippen molar-refractivity contribution in [2.75, 3.05) is 7.11 Å². The SMILES string of the molecule is COc1cccc2c1ncc1c(-c3ccc([N+](=O)[O-])cc3)nn(-c3ccc(F)cc3)c12. The zero-order chi connectivity index (χ0) is 21.5. The molecule has 3 aromatic carbocycles. The van der Waals surface area contributed by atoms with Gasteiger partial charge in [-0.25, -0.2) is 9.07 Å². The summed E-state index contributed by atoms with van der Waals surface area (Å²) in [6.07, 6.45) is 1.71. The molecule has 0 aliphatic rings. The molecule has 2 heterocycles. The second-order valence-electron chi connectivity index (χ2n) is 6.92. The molecule has 0 bridgehead atoms. The van der Waals surface area contributed by atoms with Crippen LogP contribution >= 0.6 is 0 Å². The molecule has 8 heteroatoms. The molecule has 0 aliphatic heterocycles. The summed E-state index contributed by atoms with van der Waals surface area (Å²) in [6.45, 7) is 0. The highest BCUT2D eigenvalue weighted by molar-refractivity contribution is 6.10. The topological polar surface area (TPSA) is 83.1 Å². The number of aromatic nitrogens is 3. The average molecular weight is 414 g/mol. The molecule has 0 saturated heterocycles. The number of nitrogens with zero attached hydrogens (tertiary/aromatic N) is 4. The van der Waals surface area contributed by atoms with E-state index in [1.807, 2.05) is 18.2 Å². The highest BCUT2D eigenvalue weighted by Gasteiger charge is 2.19. The molecule has 0 amide bonds. The fourth-order valence-corrected chi connectivity index (χ4v) is 3.68. The van der Waals surface area contributed by atoms with E-state index < -0.39 is 4.92 Å². The lowest BCUT2D eigenvalue weighted by Crippen LogP contribution is -1.98. The predicted octanol–water partition coefficient (Wildman–Crippen LogP) is 5.30. The number of benzene rings is 3. The second kappa shape index (κ2) is 7.17. The number of methoxy groups -OCH3 is 1. The van der Waals surface area contributed by atoms with Gasteiger partial charge in [-0.15, -0.1) is 0 Å². The summed E-state index contributed by atoms with van der Waals surface area (Å²) in [5.41, 5.74) is 3.46. The van der Waals surface area contributed by atoms with E-state index in [0.717, 1.165) is 16.3 Å². The van der Waals surface area contributed by atoms with Gasteiger partial charge in [-0.05, 0) is 42.5 Å². The van der Waals surface area contributed by atoms with Crippen LogP contribution in [0.2, 0.25) is 0 Å². The van der Waals surface area contributed by atoms with Gasteiger partial charge in [-0.1, -0.05) is 12.1 Å². The van der Waals surface area contributed by atoms with Gasteiger partial charge in [0.25, 0.3) is 5.69 Å². The van der Waals surface area contributed by atoms with Gasteiger partial charge in [-0.2, -0.15) is 5.10 Å². The monoisotopic (exact) mass is 414 g/mol. The van der Waals surface area contributed by atoms with Gasteiger partial charge in [0.1, 0.15) is 22.8 Å². The van der Waals surface area contributed by atoms with Crippen molar-refractivity contribution in [2.45, 2.75) is 0 Å². The van der Waals surface area contributed by atoms with E-state index in [1.54, 1.807) is 42.3 Å². The van der Waals surface area contributed by atoms with Gasteiger partial charge in [0, 0.05) is 34.7 Å². The molecular formula is C23H15FN4O3. The zero-order valence-corrected chi connectivity index (χ0v) is 16.3. The van der Waals surface area contributed by atoms with Crippen molar-refractivity contribution in [1.82, 2.24) is 14.8 Å². The van der Waals surface area contributed by atoms with Crippen molar-refractivity contribution in [3.8, 4) is 22.7 Å². The summed E-state index contributed by atoms with van der Waals surface area (Å²) in [5.74, 6) is 0.284. The first-order chi connectivity index (χ1) is 15.1. The van der Waals surface area contributed by atoms with Crippen molar-refractivity contribution in [3.63, 3.8) is 0 Å². The Morgan fingerprint density at radius 3 is 2.42 bits per heavy atom. The normalized spacial score (nSPS) is 11.2. The van der Waals surface area contributed by atoms with E-state index in [9.17, 15) is 14.5 Å². The molecule has 0 aliphatic carbocycles. The third kappa shape index (κ3) is 3.05. The van der Waals surface area contributed by atoms with Crippen molar-refractivity contribution in [2.24, 2.45) is 0 Å². The fraction of sp³-hybridized carbons (Fsp3) is 0.0435. The molecule has 2 aromatic heterocycles. The third-order valence-electron chi connectivity index (χ3n) is 5.14. The summed E-state index contributed by atoms with van der Waals surface area (Å²) in [4.78, 5) is 15.2. The largest absolute Gasteiger partial charge is 0.494 e. The molecule has 0 atom stereocenters. The maximum Gasteiger partial charge on any atom is 0.269 e. The number of nitro groups is 1. The van der Waals surface area contributed by atoms with Crippen molar-refractivity contribution >= 4 is 27.5 Å². The third-order valence-corrected chi connectivity index (χ3v) is 5.14. The van der Waals surface area contributed by atoms with Crippen molar-refractivity contribution in [1.29, 1.82) is 0 Å². The van der Waals surface area contributed by atoms with Crippen LogP contribution in [0, 0.1) is 15.9 Å². The Labute approximate surface area is 175 Å². The summed E-state index contributed by atoms with van der Waals surface area (Å²) in [6, 6.07) is 17.9. The summed E-state index contributed by atoms with van der Waals surface area (Å²) >= 11 is 0. The Balaban J connectivity index is 1.84. The Hall–Kier alpha value is -4.33. The van der Waals surface area contributed by atoms with E-state index in [1.165, 1.54) is 24.3 Å². The quantitative estimate of drug-likeness (QED) is 0.294. The number of hydrogen-bond donors (Lipinski definition) is 0. The van der Waals surface area contributed by atoms with Gasteiger partial charge in [-0.3, -0.25) is 15.1 Å². The van der Waals surface area contributed by atoms with Crippen LogP contribution in [0.25, 0.3) is 38.8 Å². The molecule has 0 radical (unpaired) electrons. The van der Waals surface area contributed by atoms with Crippen LogP contribution in [-0.2, 0) is 0 Å². The highest BCUT2D eigenvalue weighted by Crippen LogP contribution is 2.36. The maximum absolute atomic E-state index is 13.5. The lowest BCUT2D eigenvalue weighted by molar-refractivity contribution is -0.384. The zero-order valence-electron chi connectivity index (χ0n) is 16.3. The van der Waals surface area contributed by atoms with Gasteiger partial charge < -0.3 is 4.74 Å². The van der Waals surface area contributed by atoms with Gasteiger partial charge in [0.2, 0.25) is 0 Å². The first-order valence-electron chi connectivity index (χ1n) is 9.42. The molecule has 31 heavy (non-hydrogen) atoms. The number of pyridine rings is 1. The smallest absolute Gasteiger partial charge is 0.269 e. The van der Waals surface area contributed by atoms with Gasteiger partial charge in [0.15, 0.2) is 0 Å². The van der Waals surface area contributed by atoms with E-state index in [0.29, 0.717) is 28.2 Å². The number of hydrogen-bond acceptors (Lipinski definition) is 5. The molecule has 0 N–H and O–H groups in total. The van der Waals surface area contributed by atoms with Gasteiger partial charge >= 0.3 is 0 Å². The predicted molar refractivity (Wildman–Crippen MR) is 115 cm³/mol. The molecule has 152 valence electrons. The Morgan fingerprint density at radius 1 is 1.00 bits per heavy atom. The molecule has 0 spiro atoms. The lowest BCUT2D eigenvalue weighted by Gasteiger charge is -2.08. The van der Waals surface area contributed by atoms with Crippen molar-refractivity contribution in [3.05, 3.63) is 88.9 Å². The molecule has 0 fully saturated rings. The standard InChI is InChI=1S/C23H15FN4O3/c1-31-20-4-2-3-18-22(20)25-13-19-21(14-5-9-17(10-6-14)28(29)30)26-27(23(18)19)16-11-7-15(24)8-12-16/h2-13H,1H3. The molecule has 7 nitrogen and oxygen atoms in total. The number of fused-ring (bicyclic) bond motifs is 3. The molecule has 5 aromatic rings.